The molecule has 0 aliphatic carbocycles. The fourth-order valence-electron chi connectivity index (χ4n) is 7.21. The number of anilines is 5. The predicted molar refractivity (Wildman–Crippen MR) is 322 cm³/mol. The summed E-state index contributed by atoms with van der Waals surface area (Å²) in [5.74, 6) is 0.323. The highest BCUT2D eigenvalue weighted by Crippen LogP contribution is 2.36. The van der Waals surface area contributed by atoms with Crippen LogP contribution in [-0.4, -0.2) is 119 Å². The van der Waals surface area contributed by atoms with Gasteiger partial charge in [-0.05, 0) is 54.6 Å². The van der Waals surface area contributed by atoms with Crippen LogP contribution in [0.3, 0.4) is 0 Å². The number of rotatable bonds is 15. The number of carboxylic acids is 1. The molecule has 4 amide bonds. The van der Waals surface area contributed by atoms with Crippen molar-refractivity contribution in [3.05, 3.63) is 139 Å². The molecule has 0 bridgehead atoms. The van der Waals surface area contributed by atoms with E-state index in [1.807, 2.05) is 0 Å². The van der Waals surface area contributed by atoms with Crippen LogP contribution >= 0.6 is 34.0 Å². The molecule has 0 fully saturated rings. The number of amides is 4. The molecule has 0 atom stereocenters. The van der Waals surface area contributed by atoms with Gasteiger partial charge in [0, 0.05) is 68.9 Å². The molecule has 0 spiro atoms. The number of nitrogens with zero attached hydrogens (tertiary/aromatic N) is 3. The molecule has 0 saturated carbocycles. The molecule has 9 aromatic rings. The van der Waals surface area contributed by atoms with Crippen LogP contribution in [0.25, 0.3) is 30.8 Å². The number of hydrogen-bond acceptors (Lipinski definition) is 25. The predicted octanol–water partition coefficient (Wildman–Crippen LogP) is 9.92. The maximum Gasteiger partial charge on any atom is 0.351 e. The second-order valence-corrected chi connectivity index (χ2v) is 19.9. The van der Waals surface area contributed by atoms with E-state index in [0.29, 0.717) is 76.5 Å². The number of benzene rings is 3. The summed E-state index contributed by atoms with van der Waals surface area (Å²) in [7, 11) is 16.4. The minimum absolute atomic E-state index is 0.0838. The molecule has 0 aliphatic rings. The second kappa shape index (κ2) is 29.5. The molecule has 0 aliphatic heterocycles. The summed E-state index contributed by atoms with van der Waals surface area (Å²) < 4.78 is 56.7. The summed E-state index contributed by atoms with van der Waals surface area (Å²) in [4.78, 5) is 110. The Morgan fingerprint density at radius 3 is 1.26 bits per heavy atom. The van der Waals surface area contributed by atoms with Crippen LogP contribution in [-0.2, 0) is 14.3 Å². The first-order valence-electron chi connectivity index (χ1n) is 24.3. The highest BCUT2D eigenvalue weighted by atomic mass is 32.1. The van der Waals surface area contributed by atoms with E-state index in [9.17, 15) is 43.2 Å². The maximum atomic E-state index is 12.6. The van der Waals surface area contributed by atoms with Crippen molar-refractivity contribution in [1.29, 1.82) is 0 Å². The van der Waals surface area contributed by atoms with E-state index < -0.39 is 52.4 Å². The first-order valence-corrected chi connectivity index (χ1v) is 26.8. The first kappa shape index (κ1) is 64.5. The van der Waals surface area contributed by atoms with E-state index in [1.165, 1.54) is 120 Å². The number of ether oxygens (including phenoxy) is 8. The van der Waals surface area contributed by atoms with Crippen molar-refractivity contribution in [3.63, 3.8) is 0 Å². The Bertz CT molecular complexity index is 4210. The number of thiophene rings is 3. The monoisotopic (exact) mass is 1240 g/mol. The molecule has 0 radical (unpaired) electrons. The summed E-state index contributed by atoms with van der Waals surface area (Å²) in [6, 6.07) is 22.9. The Hall–Kier alpha value is -10.7. The van der Waals surface area contributed by atoms with Crippen LogP contribution in [0.5, 0.6) is 34.5 Å². The van der Waals surface area contributed by atoms with Crippen molar-refractivity contribution in [3.8, 4) is 34.5 Å². The molecule has 6 heterocycles. The van der Waals surface area contributed by atoms with Gasteiger partial charge in [0.1, 0.15) is 26.7 Å². The maximum absolute atomic E-state index is 12.6. The van der Waals surface area contributed by atoms with E-state index >= 15 is 0 Å². The fraction of sp³-hybridized carbons (Fsp3) is 0.196. The standard InChI is InChI=1S/C19H18N2O7S.C18H16N2O7S.C10H9NO4S.C9H9NO3/c1-21(19(24)20-10-5-6-12(25-2)13(7-10)26-3)16-9-14-15(29-16)8-11(17(22)27-4)18(23)28-14;1-20(18(24)19-9-4-5-11(25-2)12(6-9)26-3)15-8-13-14(28-15)7-10(16(21)22)17(23)27-13;1-11-8-4-6-7(16-8)3-5(9(12)14-2)10(13)15-6;1-12-8-4-3-7(10-6-11)5-9(8)13-2/h5-9H,1-4H3,(H,20,24);4-8H,1-3H3,(H,19,24)(H,21,22);3-4,11H,1-2H3;3-5H,1-2H3. The van der Waals surface area contributed by atoms with Gasteiger partial charge in [-0.15, -0.1) is 34.0 Å². The highest BCUT2D eigenvalue weighted by molar-refractivity contribution is 7.23. The summed E-state index contributed by atoms with van der Waals surface area (Å²) in [5.41, 5.74) is -0.722. The van der Waals surface area contributed by atoms with Gasteiger partial charge in [-0.1, -0.05) is 0 Å². The van der Waals surface area contributed by atoms with Gasteiger partial charge in [0.2, 0.25) is 6.08 Å². The molecule has 450 valence electrons. The van der Waals surface area contributed by atoms with Crippen molar-refractivity contribution in [2.45, 2.75) is 0 Å². The minimum Gasteiger partial charge on any atom is -0.493 e. The zero-order valence-corrected chi connectivity index (χ0v) is 49.8. The quantitative estimate of drug-likeness (QED) is 0.0421. The minimum atomic E-state index is -1.37. The number of hydrogen-bond donors (Lipinski definition) is 4. The molecule has 9 rings (SSSR count). The number of urea groups is 2. The number of aromatic carboxylic acids is 1. The Balaban J connectivity index is 0.000000193. The number of aliphatic imine (C=N–C) groups is 1. The lowest BCUT2D eigenvalue weighted by molar-refractivity contribution is 0.0587. The first-order chi connectivity index (χ1) is 41.2. The number of fused-ring (bicyclic) bond motifs is 3. The van der Waals surface area contributed by atoms with Gasteiger partial charge in [-0.2, -0.15) is 4.99 Å². The van der Waals surface area contributed by atoms with Crippen LogP contribution in [0.4, 0.5) is 41.7 Å². The van der Waals surface area contributed by atoms with Crippen molar-refractivity contribution >= 4 is 133 Å². The summed E-state index contributed by atoms with van der Waals surface area (Å²) in [5, 5.41) is 19.3. The molecule has 27 nitrogen and oxygen atoms in total. The van der Waals surface area contributed by atoms with Gasteiger partial charge < -0.3 is 72.2 Å². The van der Waals surface area contributed by atoms with Crippen LogP contribution in [0.15, 0.2) is 124 Å². The molecule has 4 N–H and O–H groups in total. The number of carboxylic acid groups (broad SMARTS) is 1. The lowest BCUT2D eigenvalue weighted by atomic mass is 10.2. The normalized spacial score (nSPS) is 10.2. The summed E-state index contributed by atoms with van der Waals surface area (Å²) >= 11 is 3.71. The van der Waals surface area contributed by atoms with E-state index in [2.05, 4.69) is 30.4 Å². The Morgan fingerprint density at radius 2 is 0.872 bits per heavy atom. The molecule has 86 heavy (non-hydrogen) atoms. The van der Waals surface area contributed by atoms with E-state index in [0.717, 1.165) is 21.0 Å². The SMILES string of the molecule is CNc1cc2oc(=O)c(C(=O)OC)cc2s1.COC(=O)c1cc2sc(N(C)C(=O)Nc3ccc(OC)c(OC)c3)cc2oc1=O.COc1ccc(N=C=O)cc1OC.COc1ccc(NC(=O)N(C)c2cc3oc(=O)c(C(=O)O)cc3s2)cc1OC. The molecule has 0 unspecified atom stereocenters. The van der Waals surface area contributed by atoms with Crippen molar-refractivity contribution in [1.82, 2.24) is 0 Å². The highest BCUT2D eigenvalue weighted by Gasteiger charge is 2.22. The van der Waals surface area contributed by atoms with Gasteiger partial charge in [-0.3, -0.25) is 9.80 Å². The summed E-state index contributed by atoms with van der Waals surface area (Å²) in [6.45, 7) is 0. The number of esters is 2. The zero-order valence-electron chi connectivity index (χ0n) is 47.3. The third-order valence-corrected chi connectivity index (χ3v) is 15.0. The van der Waals surface area contributed by atoms with Crippen LogP contribution in [0.2, 0.25) is 0 Å². The number of nitrogens with one attached hydrogen (secondary N) is 3. The number of isocyanates is 1. The van der Waals surface area contributed by atoms with Gasteiger partial charge in [0.15, 0.2) is 51.2 Å². The van der Waals surface area contributed by atoms with E-state index in [4.69, 9.17) is 46.8 Å². The van der Waals surface area contributed by atoms with Crippen molar-refractivity contribution in [2.24, 2.45) is 4.99 Å². The van der Waals surface area contributed by atoms with Crippen molar-refractivity contribution < 1.29 is 85.0 Å². The zero-order chi connectivity index (χ0) is 62.9. The third kappa shape index (κ3) is 15.5. The molecule has 6 aromatic heterocycles. The second-order valence-electron chi connectivity index (χ2n) is 16.7. The van der Waals surface area contributed by atoms with Crippen molar-refractivity contribution in [2.75, 3.05) is 104 Å². The molecule has 3 aromatic carbocycles. The van der Waals surface area contributed by atoms with E-state index in [-0.39, 0.29) is 22.3 Å². The average molecular weight is 1240 g/mol. The molecule has 30 heteroatoms. The van der Waals surface area contributed by atoms with Crippen LogP contribution in [0.1, 0.15) is 31.1 Å². The third-order valence-electron chi connectivity index (χ3n) is 11.6. The summed E-state index contributed by atoms with van der Waals surface area (Å²) in [6.07, 6.45) is 1.45. The Kier molecular flexibility index (Phi) is 22.1. The van der Waals surface area contributed by atoms with Crippen LogP contribution < -0.4 is 71.0 Å². The van der Waals surface area contributed by atoms with Gasteiger partial charge in [0.25, 0.3) is 0 Å². The fourth-order valence-corrected chi connectivity index (χ4v) is 10.1. The molecular formula is C56H52N6O21S3. The number of carbonyl (C=O) groups is 5. The average Bonchev–Trinajstić information content (AvgIpc) is 4.34. The van der Waals surface area contributed by atoms with Gasteiger partial charge in [0.05, 0.1) is 81.7 Å². The number of methoxy groups -OCH3 is 8. The van der Waals surface area contributed by atoms with Gasteiger partial charge in [-0.25, -0.2) is 43.2 Å². The largest absolute Gasteiger partial charge is 0.493 e. The topological polar surface area (TPSA) is 342 Å². The lowest BCUT2D eigenvalue weighted by Gasteiger charge is -2.16. The Morgan fingerprint density at radius 1 is 0.500 bits per heavy atom. The van der Waals surface area contributed by atoms with Gasteiger partial charge >= 0.3 is 46.8 Å². The lowest BCUT2D eigenvalue weighted by Crippen LogP contribution is -2.30. The number of carbonyl (C=O) groups excluding carboxylic acids is 5. The van der Waals surface area contributed by atoms with Crippen LogP contribution in [0, 0.1) is 0 Å². The smallest absolute Gasteiger partial charge is 0.351 e. The Labute approximate surface area is 498 Å². The molecular weight excluding hydrogens is 1190 g/mol. The molecule has 0 saturated heterocycles. The van der Waals surface area contributed by atoms with E-state index in [1.54, 1.807) is 87.9 Å².